The molecule has 0 atom stereocenters. The second-order valence-corrected chi connectivity index (χ2v) is 6.49. The molecule has 4 rings (SSSR count). The van der Waals surface area contributed by atoms with Crippen molar-refractivity contribution in [3.63, 3.8) is 0 Å². The van der Waals surface area contributed by atoms with E-state index in [9.17, 15) is 0 Å². The molecule has 138 valence electrons. The summed E-state index contributed by atoms with van der Waals surface area (Å²) in [6, 6.07) is 18.5. The molecule has 5 N–H and O–H groups in total. The van der Waals surface area contributed by atoms with E-state index in [1.807, 2.05) is 30.3 Å². The van der Waals surface area contributed by atoms with Gasteiger partial charge in [0.05, 0.1) is 0 Å². The third-order valence-electron chi connectivity index (χ3n) is 4.67. The van der Waals surface area contributed by atoms with Crippen molar-refractivity contribution in [3.8, 4) is 6.19 Å². The third-order valence-corrected chi connectivity index (χ3v) is 4.67. The fraction of sp³-hybridized carbons (Fsp3) is 0.0952. The van der Waals surface area contributed by atoms with Gasteiger partial charge >= 0.3 is 0 Å². The maximum absolute atomic E-state index is 8.72. The number of hydrogen-bond donors (Lipinski definition) is 3. The van der Waals surface area contributed by atoms with Crippen molar-refractivity contribution < 1.29 is 0 Å². The number of nitriles is 1. The largest absolute Gasteiger partial charge is 0.383 e. The minimum atomic E-state index is 0.104. The molecule has 0 saturated heterocycles. The first-order valence-electron chi connectivity index (χ1n) is 8.83. The van der Waals surface area contributed by atoms with Crippen molar-refractivity contribution >= 4 is 28.5 Å². The van der Waals surface area contributed by atoms with E-state index >= 15 is 0 Å². The van der Waals surface area contributed by atoms with E-state index in [2.05, 4.69) is 50.3 Å². The van der Waals surface area contributed by atoms with Crippen LogP contribution in [0.15, 0.2) is 60.8 Å². The Kier molecular flexibility index (Phi) is 4.52. The highest BCUT2D eigenvalue weighted by Crippen LogP contribution is 2.28. The molecular weight excluding hydrogens is 350 g/mol. The highest BCUT2D eigenvalue weighted by Gasteiger charge is 2.15. The molecule has 0 unspecified atom stereocenters. The molecule has 0 spiro atoms. The molecule has 0 saturated carbocycles. The van der Waals surface area contributed by atoms with Gasteiger partial charge in [0.1, 0.15) is 11.6 Å². The fourth-order valence-corrected chi connectivity index (χ4v) is 3.37. The summed E-state index contributed by atoms with van der Waals surface area (Å²) in [6.07, 6.45) is 4.40. The molecule has 0 bridgehead atoms. The average molecular weight is 369 g/mol. The number of aromatic nitrogens is 3. The Bertz CT molecular complexity index is 1150. The lowest BCUT2D eigenvalue weighted by Crippen LogP contribution is -2.09. The first-order chi connectivity index (χ1) is 13.7. The van der Waals surface area contributed by atoms with Crippen molar-refractivity contribution in [2.45, 2.75) is 13.0 Å². The summed E-state index contributed by atoms with van der Waals surface area (Å²) < 4.78 is 2.22. The number of hydrogen-bond acceptors (Lipinski definition) is 6. The lowest BCUT2D eigenvalue weighted by atomic mass is 10.1. The van der Waals surface area contributed by atoms with Gasteiger partial charge in [-0.2, -0.15) is 15.2 Å². The maximum Gasteiger partial charge on any atom is 0.240 e. The lowest BCUT2D eigenvalue weighted by molar-refractivity contribution is 0.832. The van der Waals surface area contributed by atoms with Gasteiger partial charge in [0.15, 0.2) is 6.19 Å². The summed E-state index contributed by atoms with van der Waals surface area (Å²) in [5.41, 5.74) is 16.3. The van der Waals surface area contributed by atoms with Crippen molar-refractivity contribution in [2.24, 2.45) is 0 Å². The zero-order valence-electron chi connectivity index (χ0n) is 15.1. The van der Waals surface area contributed by atoms with Gasteiger partial charge in [-0.25, -0.2) is 0 Å². The molecular formula is C21H19N7. The van der Waals surface area contributed by atoms with Crippen LogP contribution >= 0.6 is 0 Å². The molecule has 0 aliphatic heterocycles. The van der Waals surface area contributed by atoms with Crippen LogP contribution in [0.1, 0.15) is 16.7 Å². The fourth-order valence-electron chi connectivity index (χ4n) is 3.37. The number of nitrogens with one attached hydrogen (secondary N) is 1. The topological polar surface area (TPSA) is 119 Å². The normalized spacial score (nSPS) is 10.7. The van der Waals surface area contributed by atoms with Crippen molar-refractivity contribution in [3.05, 3.63) is 77.5 Å². The minimum absolute atomic E-state index is 0.104. The molecule has 28 heavy (non-hydrogen) atoms. The van der Waals surface area contributed by atoms with E-state index in [1.165, 1.54) is 5.56 Å². The number of rotatable bonds is 5. The van der Waals surface area contributed by atoms with Crippen LogP contribution < -0.4 is 16.8 Å². The summed E-state index contributed by atoms with van der Waals surface area (Å²) in [5, 5.41) is 12.2. The number of nitrogen functional groups attached to an aromatic ring is 2. The molecule has 0 fully saturated rings. The molecule has 0 aliphatic rings. The van der Waals surface area contributed by atoms with E-state index in [-0.39, 0.29) is 17.6 Å². The smallest absolute Gasteiger partial charge is 0.240 e. The Labute approximate surface area is 162 Å². The quantitative estimate of drug-likeness (QED) is 0.367. The highest BCUT2D eigenvalue weighted by molar-refractivity contribution is 5.85. The van der Waals surface area contributed by atoms with Crippen LogP contribution in [-0.2, 0) is 13.0 Å². The molecule has 7 nitrogen and oxygen atoms in total. The van der Waals surface area contributed by atoms with E-state index in [0.29, 0.717) is 12.0 Å². The molecule has 2 heterocycles. The summed E-state index contributed by atoms with van der Waals surface area (Å²) in [4.78, 5) is 8.24. The number of benzene rings is 2. The van der Waals surface area contributed by atoms with E-state index < -0.39 is 0 Å². The average Bonchev–Trinajstić information content (AvgIpc) is 3.03. The Morgan fingerprint density at radius 2 is 1.64 bits per heavy atom. The Morgan fingerprint density at radius 3 is 2.36 bits per heavy atom. The van der Waals surface area contributed by atoms with Crippen LogP contribution in [0.3, 0.4) is 0 Å². The summed E-state index contributed by atoms with van der Waals surface area (Å²) in [6.45, 7) is 0.772. The van der Waals surface area contributed by atoms with Crippen LogP contribution in [0.4, 0.5) is 17.6 Å². The first-order valence-corrected chi connectivity index (χ1v) is 8.83. The third kappa shape index (κ3) is 3.31. The monoisotopic (exact) mass is 369 g/mol. The standard InChI is InChI=1S/C21H19N7/c22-13-25-21-26-19(23)17(20(24)27-21)10-15-12-28(11-14-6-2-1-3-7-14)18-9-5-4-8-16(15)18/h1-9,12H,10-11H2,(H5,23,24,25,26,27). The van der Waals surface area contributed by atoms with E-state index in [1.54, 1.807) is 6.19 Å². The molecule has 0 radical (unpaired) electrons. The SMILES string of the molecule is N#CNc1nc(N)c(Cc2cn(Cc3ccccc3)c3ccccc23)c(N)n1. The number of fused-ring (bicyclic) bond motifs is 1. The summed E-state index contributed by atoms with van der Waals surface area (Å²) >= 11 is 0. The highest BCUT2D eigenvalue weighted by atomic mass is 15.1. The van der Waals surface area contributed by atoms with Gasteiger partial charge in [0.25, 0.3) is 0 Å². The molecule has 2 aromatic carbocycles. The number of para-hydroxylation sites is 1. The van der Waals surface area contributed by atoms with Crippen LogP contribution in [-0.4, -0.2) is 14.5 Å². The molecule has 4 aromatic rings. The molecule has 7 heteroatoms. The second-order valence-electron chi connectivity index (χ2n) is 6.49. The van der Waals surface area contributed by atoms with E-state index in [0.717, 1.165) is 23.0 Å². The molecule has 0 aliphatic carbocycles. The number of anilines is 3. The maximum atomic E-state index is 8.72. The summed E-state index contributed by atoms with van der Waals surface area (Å²) in [5.74, 6) is 0.642. The van der Waals surface area contributed by atoms with Crippen molar-refractivity contribution in [1.29, 1.82) is 5.26 Å². The van der Waals surface area contributed by atoms with Gasteiger partial charge in [-0.3, -0.25) is 5.32 Å². The molecule has 2 aromatic heterocycles. The van der Waals surface area contributed by atoms with Gasteiger partial charge in [0.2, 0.25) is 5.95 Å². The van der Waals surface area contributed by atoms with Crippen LogP contribution in [0.5, 0.6) is 0 Å². The predicted molar refractivity (Wildman–Crippen MR) is 110 cm³/mol. The van der Waals surface area contributed by atoms with Gasteiger partial charge < -0.3 is 16.0 Å². The van der Waals surface area contributed by atoms with Crippen molar-refractivity contribution in [2.75, 3.05) is 16.8 Å². The number of nitrogens with zero attached hydrogens (tertiary/aromatic N) is 4. The van der Waals surface area contributed by atoms with Gasteiger partial charge in [0, 0.05) is 35.6 Å². The Morgan fingerprint density at radius 1 is 0.964 bits per heavy atom. The van der Waals surface area contributed by atoms with Crippen molar-refractivity contribution in [1.82, 2.24) is 14.5 Å². The van der Waals surface area contributed by atoms with E-state index in [4.69, 9.17) is 16.7 Å². The zero-order valence-corrected chi connectivity index (χ0v) is 15.1. The van der Waals surface area contributed by atoms with Crippen LogP contribution in [0.2, 0.25) is 0 Å². The van der Waals surface area contributed by atoms with Gasteiger partial charge in [-0.15, -0.1) is 0 Å². The molecule has 0 amide bonds. The first kappa shape index (κ1) is 17.4. The second kappa shape index (κ2) is 7.29. The van der Waals surface area contributed by atoms with Gasteiger partial charge in [-0.05, 0) is 17.2 Å². The zero-order chi connectivity index (χ0) is 19.5. The predicted octanol–water partition coefficient (Wildman–Crippen LogP) is 3.13. The Balaban J connectivity index is 1.73. The van der Waals surface area contributed by atoms with Gasteiger partial charge in [-0.1, -0.05) is 48.5 Å². The minimum Gasteiger partial charge on any atom is -0.383 e. The van der Waals surface area contributed by atoms with Crippen LogP contribution in [0, 0.1) is 11.5 Å². The lowest BCUT2D eigenvalue weighted by Gasteiger charge is -2.09. The number of nitrogens with two attached hydrogens (primary N) is 2. The summed E-state index contributed by atoms with van der Waals surface area (Å²) in [7, 11) is 0. The van der Waals surface area contributed by atoms with Crippen LogP contribution in [0.25, 0.3) is 10.9 Å². The Hall–Kier alpha value is -4.05.